The van der Waals surface area contributed by atoms with Gasteiger partial charge in [-0.05, 0) is 42.8 Å². The lowest BCUT2D eigenvalue weighted by atomic mass is 9.75. The van der Waals surface area contributed by atoms with Gasteiger partial charge in [0.1, 0.15) is 10.8 Å². The smallest absolute Gasteiger partial charge is 0.147 e. The average Bonchev–Trinajstić information content (AvgIpc) is 2.76. The highest BCUT2D eigenvalue weighted by atomic mass is 32.1. The van der Waals surface area contributed by atoms with Gasteiger partial charge in [0.05, 0.1) is 5.56 Å². The molecule has 2 aromatic rings. The number of nitrogen functional groups attached to an aromatic ring is 1. The molecule has 1 aromatic heterocycles. The summed E-state index contributed by atoms with van der Waals surface area (Å²) in [5.41, 5.74) is 8.52. The van der Waals surface area contributed by atoms with E-state index in [1.54, 1.807) is 0 Å². The van der Waals surface area contributed by atoms with Gasteiger partial charge in [0.15, 0.2) is 0 Å². The van der Waals surface area contributed by atoms with E-state index in [1.165, 1.54) is 30.8 Å². The number of hydrogen-bond acceptors (Lipinski definition) is 4. The minimum Gasteiger partial charge on any atom is -0.382 e. The van der Waals surface area contributed by atoms with E-state index >= 15 is 0 Å². The standard InChI is InChI=1S/C15H19N3S/c1-2-15(9-6-10-15)17-14-12(13(16)18-19-14)11-7-4-3-5-8-11/h3-5,7-8,17H,2,6,9-10H2,1H3,(H2,16,18). The number of nitrogens with zero attached hydrogens (tertiary/aromatic N) is 1. The van der Waals surface area contributed by atoms with Gasteiger partial charge in [-0.2, -0.15) is 4.37 Å². The zero-order chi connectivity index (χ0) is 13.3. The molecule has 0 atom stereocenters. The van der Waals surface area contributed by atoms with Crippen LogP contribution in [-0.4, -0.2) is 9.91 Å². The molecule has 0 bridgehead atoms. The Bertz CT molecular complexity index is 553. The number of anilines is 2. The number of hydrogen-bond donors (Lipinski definition) is 2. The van der Waals surface area contributed by atoms with Crippen LogP contribution >= 0.6 is 11.5 Å². The Hall–Kier alpha value is -1.55. The third-order valence-electron chi connectivity index (χ3n) is 4.15. The van der Waals surface area contributed by atoms with Crippen LogP contribution in [0.1, 0.15) is 32.6 Å². The molecule has 100 valence electrons. The normalized spacial score (nSPS) is 16.9. The molecule has 3 nitrogen and oxygen atoms in total. The van der Waals surface area contributed by atoms with Crippen molar-refractivity contribution in [2.45, 2.75) is 38.1 Å². The van der Waals surface area contributed by atoms with Gasteiger partial charge in [-0.1, -0.05) is 37.3 Å². The SMILES string of the molecule is CCC1(Nc2snc(N)c2-c2ccccc2)CCC1. The van der Waals surface area contributed by atoms with E-state index in [-0.39, 0.29) is 5.54 Å². The monoisotopic (exact) mass is 273 g/mol. The Morgan fingerprint density at radius 2 is 2.05 bits per heavy atom. The van der Waals surface area contributed by atoms with Crippen molar-refractivity contribution in [3.05, 3.63) is 30.3 Å². The quantitative estimate of drug-likeness (QED) is 0.880. The molecular weight excluding hydrogens is 254 g/mol. The van der Waals surface area contributed by atoms with E-state index in [9.17, 15) is 0 Å². The van der Waals surface area contributed by atoms with Crippen molar-refractivity contribution in [2.24, 2.45) is 0 Å². The molecule has 0 aliphatic heterocycles. The highest BCUT2D eigenvalue weighted by Crippen LogP contribution is 2.43. The number of rotatable bonds is 4. The summed E-state index contributed by atoms with van der Waals surface area (Å²) in [5.74, 6) is 0.629. The van der Waals surface area contributed by atoms with Crippen molar-refractivity contribution in [3.8, 4) is 11.1 Å². The lowest BCUT2D eigenvalue weighted by Gasteiger charge is -2.42. The number of aromatic nitrogens is 1. The van der Waals surface area contributed by atoms with Crippen molar-refractivity contribution in [3.63, 3.8) is 0 Å². The Balaban J connectivity index is 1.95. The van der Waals surface area contributed by atoms with Crippen molar-refractivity contribution < 1.29 is 0 Å². The molecule has 0 spiro atoms. The molecule has 0 amide bonds. The largest absolute Gasteiger partial charge is 0.382 e. The fourth-order valence-corrected chi connectivity index (χ4v) is 3.54. The molecule has 1 fully saturated rings. The van der Waals surface area contributed by atoms with Crippen molar-refractivity contribution in [1.29, 1.82) is 0 Å². The number of benzene rings is 1. The molecule has 3 N–H and O–H groups in total. The van der Waals surface area contributed by atoms with E-state index in [4.69, 9.17) is 5.73 Å². The minimum absolute atomic E-state index is 0.266. The van der Waals surface area contributed by atoms with Gasteiger partial charge in [-0.15, -0.1) is 0 Å². The maximum Gasteiger partial charge on any atom is 0.147 e. The first-order valence-corrected chi connectivity index (χ1v) is 7.60. The van der Waals surface area contributed by atoms with Gasteiger partial charge in [-0.25, -0.2) is 0 Å². The van der Waals surface area contributed by atoms with Gasteiger partial charge < -0.3 is 11.1 Å². The highest BCUT2D eigenvalue weighted by Gasteiger charge is 2.36. The summed E-state index contributed by atoms with van der Waals surface area (Å²) in [6.07, 6.45) is 4.96. The maximum atomic E-state index is 6.05. The van der Waals surface area contributed by atoms with E-state index in [0.717, 1.165) is 22.5 Å². The van der Waals surface area contributed by atoms with Crippen LogP contribution in [0.4, 0.5) is 10.8 Å². The van der Waals surface area contributed by atoms with Crippen LogP contribution in [0.3, 0.4) is 0 Å². The third kappa shape index (κ3) is 2.21. The van der Waals surface area contributed by atoms with Crippen LogP contribution in [0.25, 0.3) is 11.1 Å². The summed E-state index contributed by atoms with van der Waals surface area (Å²) in [7, 11) is 0. The molecule has 0 unspecified atom stereocenters. The molecule has 3 rings (SSSR count). The fraction of sp³-hybridized carbons (Fsp3) is 0.400. The molecular formula is C15H19N3S. The predicted octanol–water partition coefficient (Wildman–Crippen LogP) is 4.14. The molecule has 0 radical (unpaired) electrons. The van der Waals surface area contributed by atoms with Gasteiger partial charge in [0.2, 0.25) is 0 Å². The predicted molar refractivity (Wildman–Crippen MR) is 82.5 cm³/mol. The Morgan fingerprint density at radius 3 is 2.63 bits per heavy atom. The first-order valence-electron chi connectivity index (χ1n) is 6.83. The number of nitrogens with two attached hydrogens (primary N) is 1. The van der Waals surface area contributed by atoms with Crippen LogP contribution in [-0.2, 0) is 0 Å². The van der Waals surface area contributed by atoms with Crippen LogP contribution < -0.4 is 11.1 Å². The molecule has 1 aromatic carbocycles. The lowest BCUT2D eigenvalue weighted by molar-refractivity contribution is 0.270. The van der Waals surface area contributed by atoms with Gasteiger partial charge in [-0.3, -0.25) is 0 Å². The summed E-state index contributed by atoms with van der Waals surface area (Å²) in [5, 5.41) is 4.82. The Labute approximate surface area is 118 Å². The lowest BCUT2D eigenvalue weighted by Crippen LogP contribution is -2.44. The second-order valence-corrected chi connectivity index (χ2v) is 6.02. The van der Waals surface area contributed by atoms with E-state index < -0.39 is 0 Å². The fourth-order valence-electron chi connectivity index (χ4n) is 2.68. The molecule has 1 heterocycles. The summed E-state index contributed by atoms with van der Waals surface area (Å²) >= 11 is 1.48. The van der Waals surface area contributed by atoms with Gasteiger partial charge in [0.25, 0.3) is 0 Å². The molecule has 19 heavy (non-hydrogen) atoms. The zero-order valence-corrected chi connectivity index (χ0v) is 12.0. The summed E-state index contributed by atoms with van der Waals surface area (Å²) in [6, 6.07) is 10.3. The Kier molecular flexibility index (Phi) is 3.19. The molecule has 0 saturated heterocycles. The first-order chi connectivity index (χ1) is 9.24. The molecule has 4 heteroatoms. The average molecular weight is 273 g/mol. The second-order valence-electron chi connectivity index (χ2n) is 5.25. The molecule has 1 aliphatic carbocycles. The van der Waals surface area contributed by atoms with Gasteiger partial charge in [0, 0.05) is 5.54 Å². The van der Waals surface area contributed by atoms with Crippen molar-refractivity contribution >= 4 is 22.4 Å². The topological polar surface area (TPSA) is 50.9 Å². The molecule has 1 saturated carbocycles. The zero-order valence-electron chi connectivity index (χ0n) is 11.1. The van der Waals surface area contributed by atoms with Crippen molar-refractivity contribution in [1.82, 2.24) is 4.37 Å². The highest BCUT2D eigenvalue weighted by molar-refractivity contribution is 7.11. The third-order valence-corrected chi connectivity index (χ3v) is 4.92. The molecule has 1 aliphatic rings. The van der Waals surface area contributed by atoms with Crippen LogP contribution in [0.5, 0.6) is 0 Å². The van der Waals surface area contributed by atoms with E-state index in [1.807, 2.05) is 18.2 Å². The van der Waals surface area contributed by atoms with Crippen molar-refractivity contribution in [2.75, 3.05) is 11.1 Å². The second kappa shape index (κ2) is 4.85. The summed E-state index contributed by atoms with van der Waals surface area (Å²) < 4.78 is 4.33. The van der Waals surface area contributed by atoms with Crippen LogP contribution in [0.2, 0.25) is 0 Å². The first kappa shape index (κ1) is 12.5. The summed E-state index contributed by atoms with van der Waals surface area (Å²) in [6.45, 7) is 2.25. The van der Waals surface area contributed by atoms with E-state index in [2.05, 4.69) is 28.7 Å². The van der Waals surface area contributed by atoms with Crippen LogP contribution in [0.15, 0.2) is 30.3 Å². The Morgan fingerprint density at radius 1 is 1.32 bits per heavy atom. The maximum absolute atomic E-state index is 6.05. The van der Waals surface area contributed by atoms with E-state index in [0.29, 0.717) is 5.82 Å². The van der Waals surface area contributed by atoms with Crippen LogP contribution in [0, 0.1) is 0 Å². The van der Waals surface area contributed by atoms with Gasteiger partial charge >= 0.3 is 0 Å². The number of nitrogens with one attached hydrogen (secondary N) is 1. The summed E-state index contributed by atoms with van der Waals surface area (Å²) in [4.78, 5) is 0. The minimum atomic E-state index is 0.266.